The molecular formula is C43H52O16S3. The van der Waals surface area contributed by atoms with Crippen LogP contribution in [0, 0.1) is 0 Å². The number of ether oxygens (including phenoxy) is 12. The van der Waals surface area contributed by atoms with Gasteiger partial charge in [0.05, 0.1) is 51.2 Å². The lowest BCUT2D eigenvalue weighted by Crippen LogP contribution is -2.36. The van der Waals surface area contributed by atoms with E-state index in [-0.39, 0.29) is 123 Å². The minimum absolute atomic E-state index is 0.00412. The maximum atomic E-state index is 15.1. The summed E-state index contributed by atoms with van der Waals surface area (Å²) >= 11 is 3.83. The fraction of sp³-hybridized carbons (Fsp3) is 0.581. The van der Waals surface area contributed by atoms with E-state index in [1.165, 1.54) is 35.3 Å². The van der Waals surface area contributed by atoms with Gasteiger partial charge < -0.3 is 77.3 Å². The van der Waals surface area contributed by atoms with Gasteiger partial charge in [0.1, 0.15) is 0 Å². The standard InChI is InChI=1S/C43H52O16S3/c1-37(2)48-22-19(23-29(55-38(3,4)49-23)34(28(22)54-37)60-16-13-44)43(47,20-24-30(56-39(5,6)50-24)35(61-17-14-45)31-25(20)51-40(7,8)57-31)21-26-32(58-41(9,10)52-26)36(62-18-15-46)33-27(21)53-42(11,12)59-33/h44-47H,13-18H2,1-12H3. The number of aliphatic hydroxyl groups excluding tert-OH is 3. The van der Waals surface area contributed by atoms with Gasteiger partial charge in [-0.25, -0.2) is 0 Å². The highest BCUT2D eigenvalue weighted by atomic mass is 32.2. The highest BCUT2D eigenvalue weighted by molar-refractivity contribution is 8.00. The first kappa shape index (κ1) is 43.4. The van der Waals surface area contributed by atoms with Gasteiger partial charge in [-0.2, -0.15) is 0 Å². The zero-order valence-electron chi connectivity index (χ0n) is 36.7. The third-order valence-corrected chi connectivity index (χ3v) is 13.2. The number of aliphatic hydroxyl groups is 4. The topological polar surface area (TPSA) is 192 Å². The first-order valence-corrected chi connectivity index (χ1v) is 23.3. The summed E-state index contributed by atoms with van der Waals surface area (Å²) in [5.41, 5.74) is -2.63. The molecule has 0 saturated carbocycles. The van der Waals surface area contributed by atoms with Gasteiger partial charge in [0, 0.05) is 100 Å². The molecule has 0 fully saturated rings. The van der Waals surface area contributed by atoms with Crippen LogP contribution in [0.1, 0.15) is 99.8 Å². The van der Waals surface area contributed by atoms with E-state index in [9.17, 15) is 15.3 Å². The molecule has 0 aliphatic carbocycles. The van der Waals surface area contributed by atoms with Crippen molar-refractivity contribution in [1.82, 2.24) is 0 Å². The average molecular weight is 921 g/mol. The molecule has 62 heavy (non-hydrogen) atoms. The van der Waals surface area contributed by atoms with Crippen LogP contribution in [-0.2, 0) is 5.60 Å². The molecule has 0 atom stereocenters. The van der Waals surface area contributed by atoms with Crippen molar-refractivity contribution in [3.63, 3.8) is 0 Å². The van der Waals surface area contributed by atoms with Crippen molar-refractivity contribution in [2.24, 2.45) is 0 Å². The van der Waals surface area contributed by atoms with Crippen LogP contribution in [0.2, 0.25) is 0 Å². The van der Waals surface area contributed by atoms with Gasteiger partial charge >= 0.3 is 0 Å². The molecule has 3 aromatic carbocycles. The van der Waals surface area contributed by atoms with Crippen LogP contribution in [0.5, 0.6) is 69.0 Å². The Kier molecular flexibility index (Phi) is 9.85. The van der Waals surface area contributed by atoms with Gasteiger partial charge in [0.25, 0.3) is 0 Å². The van der Waals surface area contributed by atoms with Gasteiger partial charge in [0.2, 0.25) is 34.7 Å². The lowest BCUT2D eigenvalue weighted by molar-refractivity contribution is -0.0557. The Balaban J connectivity index is 1.51. The van der Waals surface area contributed by atoms with E-state index in [2.05, 4.69) is 0 Å². The van der Waals surface area contributed by atoms with Gasteiger partial charge in [-0.1, -0.05) is 0 Å². The Labute approximate surface area is 372 Å². The molecule has 0 bridgehead atoms. The highest BCUT2D eigenvalue weighted by Gasteiger charge is 2.62. The summed E-state index contributed by atoms with van der Waals surface area (Å²) in [6.45, 7) is 20.3. The number of fused-ring (bicyclic) bond motifs is 6. The van der Waals surface area contributed by atoms with Crippen LogP contribution in [-0.4, -0.2) is 92.2 Å². The summed E-state index contributed by atoms with van der Waals surface area (Å²) in [5, 5.41) is 45.2. The van der Waals surface area contributed by atoms with Gasteiger partial charge in [-0.05, 0) is 0 Å². The number of hydrogen-bond acceptors (Lipinski definition) is 19. The smallest absolute Gasteiger partial charge is 0.246 e. The zero-order valence-corrected chi connectivity index (χ0v) is 39.1. The average Bonchev–Trinajstić information content (AvgIpc) is 3.96. The fourth-order valence-corrected chi connectivity index (χ4v) is 10.8. The molecule has 4 N–H and O–H groups in total. The molecule has 16 nitrogen and oxygen atoms in total. The molecule has 338 valence electrons. The second kappa shape index (κ2) is 14.1. The van der Waals surface area contributed by atoms with Crippen LogP contribution in [0.3, 0.4) is 0 Å². The molecule has 6 aliphatic heterocycles. The summed E-state index contributed by atoms with van der Waals surface area (Å²) in [6, 6.07) is 0. The summed E-state index contributed by atoms with van der Waals surface area (Å²) in [5.74, 6) is -5.21. The Bertz CT molecular complexity index is 2000. The Morgan fingerprint density at radius 3 is 0.645 bits per heavy atom. The molecule has 3 aromatic rings. The number of hydrogen-bond donors (Lipinski definition) is 4. The van der Waals surface area contributed by atoms with Crippen LogP contribution in [0.15, 0.2) is 14.7 Å². The molecule has 6 heterocycles. The quantitative estimate of drug-likeness (QED) is 0.105. The first-order valence-electron chi connectivity index (χ1n) is 20.3. The normalized spacial score (nSPS) is 20.9. The fourth-order valence-electron chi connectivity index (χ4n) is 8.33. The van der Waals surface area contributed by atoms with Crippen molar-refractivity contribution in [2.45, 2.75) is 138 Å². The molecule has 0 radical (unpaired) electrons. The van der Waals surface area contributed by atoms with Crippen molar-refractivity contribution in [1.29, 1.82) is 0 Å². The summed E-state index contributed by atoms with van der Waals surface area (Å²) in [6.07, 6.45) is 0. The predicted octanol–water partition coefficient (Wildman–Crippen LogP) is 7.27. The third-order valence-electron chi connectivity index (χ3n) is 10.1. The van der Waals surface area contributed by atoms with E-state index in [0.717, 1.165) is 0 Å². The second-order valence-electron chi connectivity index (χ2n) is 18.1. The maximum Gasteiger partial charge on any atom is 0.246 e. The SMILES string of the molecule is CC1(C)Oc2c(c(C(O)(c3c4c(c(SCCO)c5c3OC(C)(C)O5)OC(C)(C)O4)c3c4c(c(SCCO)c5c3OC(C)(C)O5)OC(C)(C)O4)c3c(c2SCCO)OC(C)(C)O3)O1. The summed E-state index contributed by atoms with van der Waals surface area (Å²) in [7, 11) is 0. The zero-order chi connectivity index (χ0) is 44.7. The molecule has 9 rings (SSSR count). The van der Waals surface area contributed by atoms with Crippen LogP contribution < -0.4 is 56.8 Å². The third kappa shape index (κ3) is 6.83. The van der Waals surface area contributed by atoms with E-state index < -0.39 is 40.3 Å². The molecule has 19 heteroatoms. The van der Waals surface area contributed by atoms with Crippen LogP contribution in [0.25, 0.3) is 0 Å². The minimum atomic E-state index is -2.62. The van der Waals surface area contributed by atoms with E-state index in [1.54, 1.807) is 83.1 Å². The second-order valence-corrected chi connectivity index (χ2v) is 21.4. The van der Waals surface area contributed by atoms with Crippen LogP contribution in [0.4, 0.5) is 0 Å². The molecular weight excluding hydrogens is 869 g/mol. The Morgan fingerprint density at radius 1 is 0.323 bits per heavy atom. The maximum absolute atomic E-state index is 15.1. The lowest BCUT2D eigenvalue weighted by Gasteiger charge is -2.35. The van der Waals surface area contributed by atoms with Crippen molar-refractivity contribution < 1.29 is 77.3 Å². The molecule has 0 aromatic heterocycles. The number of thioether (sulfide) groups is 3. The van der Waals surface area contributed by atoms with E-state index in [4.69, 9.17) is 56.8 Å². The van der Waals surface area contributed by atoms with Gasteiger partial charge in [-0.3, -0.25) is 0 Å². The first-order chi connectivity index (χ1) is 28.9. The Hall–Kier alpha value is -3.85. The minimum Gasteiger partial charge on any atom is -0.448 e. The summed E-state index contributed by atoms with van der Waals surface area (Å²) in [4.78, 5) is 1.43. The molecule has 0 spiro atoms. The Morgan fingerprint density at radius 2 is 0.484 bits per heavy atom. The number of benzene rings is 3. The van der Waals surface area contributed by atoms with Crippen molar-refractivity contribution >= 4 is 35.3 Å². The molecule has 0 unspecified atom stereocenters. The van der Waals surface area contributed by atoms with E-state index in [0.29, 0.717) is 14.7 Å². The van der Waals surface area contributed by atoms with Gasteiger partial charge in [-0.15, -0.1) is 35.3 Å². The number of rotatable bonds is 12. The largest absolute Gasteiger partial charge is 0.448 e. The summed E-state index contributed by atoms with van der Waals surface area (Å²) < 4.78 is 80.3. The van der Waals surface area contributed by atoms with E-state index in [1.807, 2.05) is 0 Å². The lowest BCUT2D eigenvalue weighted by atomic mass is 9.76. The molecule has 6 aliphatic rings. The van der Waals surface area contributed by atoms with E-state index >= 15 is 5.11 Å². The van der Waals surface area contributed by atoms with Crippen molar-refractivity contribution in [2.75, 3.05) is 37.1 Å². The van der Waals surface area contributed by atoms with Crippen molar-refractivity contribution in [3.05, 3.63) is 16.7 Å². The monoisotopic (exact) mass is 920 g/mol. The predicted molar refractivity (Wildman–Crippen MR) is 227 cm³/mol. The van der Waals surface area contributed by atoms with Crippen LogP contribution >= 0.6 is 35.3 Å². The molecule has 0 amide bonds. The van der Waals surface area contributed by atoms with Crippen molar-refractivity contribution in [3.8, 4) is 69.0 Å². The van der Waals surface area contributed by atoms with Gasteiger partial charge in [0.15, 0.2) is 74.6 Å². The highest BCUT2D eigenvalue weighted by Crippen LogP contribution is 2.73. The molecule has 0 saturated heterocycles.